The van der Waals surface area contributed by atoms with Gasteiger partial charge in [0.15, 0.2) is 0 Å². The molecule has 0 fully saturated rings. The smallest absolute Gasteiger partial charge is 0.238 e. The molecule has 0 aromatic carbocycles. The molecule has 0 aliphatic rings. The third kappa shape index (κ3) is 4.62. The summed E-state index contributed by atoms with van der Waals surface area (Å²) in [6.45, 7) is 8.85. The maximum absolute atomic E-state index is 11.3. The lowest BCUT2D eigenvalue weighted by Gasteiger charge is -2.32. The Kier molecular flexibility index (Phi) is 6.52. The van der Waals surface area contributed by atoms with E-state index >= 15 is 0 Å². The van der Waals surface area contributed by atoms with Crippen molar-refractivity contribution in [3.63, 3.8) is 0 Å². The highest BCUT2D eigenvalue weighted by molar-refractivity contribution is 5.84. The van der Waals surface area contributed by atoms with Gasteiger partial charge >= 0.3 is 0 Å². The van der Waals surface area contributed by atoms with Crippen molar-refractivity contribution in [1.82, 2.24) is 10.2 Å². The molecule has 0 bridgehead atoms. The van der Waals surface area contributed by atoms with E-state index in [-0.39, 0.29) is 5.91 Å². The molecule has 0 saturated heterocycles. The van der Waals surface area contributed by atoms with Crippen molar-refractivity contribution in [3.8, 4) is 0 Å². The molecule has 0 aromatic heterocycles. The van der Waals surface area contributed by atoms with E-state index in [0.717, 1.165) is 25.9 Å². The molecule has 1 amide bonds. The van der Waals surface area contributed by atoms with E-state index in [9.17, 15) is 4.79 Å². The fourth-order valence-electron chi connectivity index (χ4n) is 1.63. The highest BCUT2D eigenvalue weighted by Gasteiger charge is 2.30. The Hall–Kier alpha value is -0.610. The van der Waals surface area contributed by atoms with E-state index in [1.807, 2.05) is 6.92 Å². The van der Waals surface area contributed by atoms with Gasteiger partial charge in [-0.2, -0.15) is 0 Å². The first-order valence-electron chi connectivity index (χ1n) is 5.71. The topological polar surface area (TPSA) is 58.4 Å². The minimum absolute atomic E-state index is 0.290. The van der Waals surface area contributed by atoms with E-state index in [0.29, 0.717) is 6.54 Å². The van der Waals surface area contributed by atoms with Crippen LogP contribution in [0.25, 0.3) is 0 Å². The maximum Gasteiger partial charge on any atom is 0.238 e. The maximum atomic E-state index is 11.3. The van der Waals surface area contributed by atoms with Crippen LogP contribution < -0.4 is 11.1 Å². The number of likely N-dealkylation sites (N-methyl/N-ethyl adjacent to an activating group) is 1. The number of nitrogens with two attached hydrogens (primary N) is 1. The van der Waals surface area contributed by atoms with Crippen molar-refractivity contribution < 1.29 is 4.79 Å². The first kappa shape index (κ1) is 14.4. The van der Waals surface area contributed by atoms with Crippen LogP contribution in [0.15, 0.2) is 0 Å². The molecule has 0 radical (unpaired) electrons. The zero-order valence-corrected chi connectivity index (χ0v) is 10.5. The molecule has 0 rings (SSSR count). The second kappa shape index (κ2) is 6.80. The van der Waals surface area contributed by atoms with Crippen LogP contribution in [0.5, 0.6) is 0 Å². The SMILES string of the molecule is CCCN(CCC)CC(C)(NC)C(N)=O. The van der Waals surface area contributed by atoms with Crippen LogP contribution >= 0.6 is 0 Å². The van der Waals surface area contributed by atoms with Gasteiger partial charge in [0.1, 0.15) is 5.54 Å². The monoisotopic (exact) mass is 215 g/mol. The first-order chi connectivity index (χ1) is 7.00. The van der Waals surface area contributed by atoms with Gasteiger partial charge in [-0.1, -0.05) is 13.8 Å². The normalized spacial score (nSPS) is 15.3. The summed E-state index contributed by atoms with van der Waals surface area (Å²) in [5.74, 6) is -0.290. The van der Waals surface area contributed by atoms with E-state index in [4.69, 9.17) is 5.73 Å². The highest BCUT2D eigenvalue weighted by atomic mass is 16.1. The molecule has 0 aromatic rings. The van der Waals surface area contributed by atoms with E-state index in [2.05, 4.69) is 24.1 Å². The summed E-state index contributed by atoms with van der Waals surface area (Å²) in [7, 11) is 1.78. The van der Waals surface area contributed by atoms with Crippen molar-refractivity contribution in [2.75, 3.05) is 26.7 Å². The van der Waals surface area contributed by atoms with Crippen LogP contribution in [0.3, 0.4) is 0 Å². The third-order valence-electron chi connectivity index (χ3n) is 2.72. The van der Waals surface area contributed by atoms with Gasteiger partial charge in [-0.3, -0.25) is 4.79 Å². The minimum atomic E-state index is -0.621. The van der Waals surface area contributed by atoms with Gasteiger partial charge in [0.05, 0.1) is 0 Å². The molecule has 4 nitrogen and oxygen atoms in total. The highest BCUT2D eigenvalue weighted by Crippen LogP contribution is 2.07. The average Bonchev–Trinajstić information content (AvgIpc) is 2.18. The van der Waals surface area contributed by atoms with Crippen LogP contribution in [0, 0.1) is 0 Å². The fraction of sp³-hybridized carbons (Fsp3) is 0.909. The molecule has 15 heavy (non-hydrogen) atoms. The lowest BCUT2D eigenvalue weighted by atomic mass is 10.0. The van der Waals surface area contributed by atoms with E-state index in [1.54, 1.807) is 7.05 Å². The van der Waals surface area contributed by atoms with Gasteiger partial charge < -0.3 is 16.0 Å². The molecule has 0 aliphatic heterocycles. The third-order valence-corrected chi connectivity index (χ3v) is 2.72. The quantitative estimate of drug-likeness (QED) is 0.622. The van der Waals surface area contributed by atoms with Crippen molar-refractivity contribution in [3.05, 3.63) is 0 Å². The first-order valence-corrected chi connectivity index (χ1v) is 5.71. The molecule has 1 atom stereocenters. The Morgan fingerprint density at radius 1 is 1.33 bits per heavy atom. The molecular formula is C11H25N3O. The van der Waals surface area contributed by atoms with Gasteiger partial charge in [0.25, 0.3) is 0 Å². The molecule has 0 saturated carbocycles. The molecule has 90 valence electrons. The number of nitrogens with one attached hydrogen (secondary N) is 1. The number of carbonyl (C=O) groups is 1. The van der Waals surface area contributed by atoms with E-state index in [1.165, 1.54) is 0 Å². The lowest BCUT2D eigenvalue weighted by molar-refractivity contribution is -0.124. The summed E-state index contributed by atoms with van der Waals surface area (Å²) in [5, 5.41) is 3.01. The number of hydrogen-bond donors (Lipinski definition) is 2. The van der Waals surface area contributed by atoms with Crippen LogP contribution in [-0.4, -0.2) is 43.0 Å². The van der Waals surface area contributed by atoms with Crippen molar-refractivity contribution in [2.45, 2.75) is 39.2 Å². The Morgan fingerprint density at radius 3 is 2.07 bits per heavy atom. The fourth-order valence-corrected chi connectivity index (χ4v) is 1.63. The van der Waals surface area contributed by atoms with Crippen LogP contribution in [0.4, 0.5) is 0 Å². The summed E-state index contributed by atoms with van der Waals surface area (Å²) in [6.07, 6.45) is 2.19. The number of rotatable bonds is 8. The van der Waals surface area contributed by atoms with Crippen LogP contribution in [-0.2, 0) is 4.79 Å². The summed E-state index contributed by atoms with van der Waals surface area (Å²) in [6, 6.07) is 0. The number of primary amides is 1. The average molecular weight is 215 g/mol. The molecule has 0 aliphatic carbocycles. The summed E-state index contributed by atoms with van der Waals surface area (Å²) in [5.41, 5.74) is 4.77. The minimum Gasteiger partial charge on any atom is -0.368 e. The van der Waals surface area contributed by atoms with E-state index < -0.39 is 5.54 Å². The number of nitrogens with zero attached hydrogens (tertiary/aromatic N) is 1. The predicted molar refractivity (Wildman–Crippen MR) is 63.7 cm³/mol. The summed E-state index contributed by atoms with van der Waals surface area (Å²) >= 11 is 0. The molecule has 0 heterocycles. The lowest BCUT2D eigenvalue weighted by Crippen LogP contribution is -2.58. The van der Waals surface area contributed by atoms with Gasteiger partial charge in [-0.05, 0) is 39.9 Å². The zero-order chi connectivity index (χ0) is 11.9. The van der Waals surface area contributed by atoms with Crippen LogP contribution in [0.1, 0.15) is 33.6 Å². The molecular weight excluding hydrogens is 190 g/mol. The zero-order valence-electron chi connectivity index (χ0n) is 10.5. The Morgan fingerprint density at radius 2 is 1.80 bits per heavy atom. The second-order valence-electron chi connectivity index (χ2n) is 4.22. The number of hydrogen-bond acceptors (Lipinski definition) is 3. The largest absolute Gasteiger partial charge is 0.368 e. The number of carbonyl (C=O) groups excluding carboxylic acids is 1. The van der Waals surface area contributed by atoms with Crippen molar-refractivity contribution in [1.29, 1.82) is 0 Å². The Labute approximate surface area is 93.2 Å². The second-order valence-corrected chi connectivity index (χ2v) is 4.22. The van der Waals surface area contributed by atoms with Gasteiger partial charge in [-0.25, -0.2) is 0 Å². The standard InChI is InChI=1S/C11H25N3O/c1-5-7-14(8-6-2)9-11(3,13-4)10(12)15/h13H,5-9H2,1-4H3,(H2,12,15). The molecule has 3 N–H and O–H groups in total. The molecule has 4 heteroatoms. The summed E-state index contributed by atoms with van der Waals surface area (Å²) < 4.78 is 0. The number of amides is 1. The Bertz CT molecular complexity index is 190. The van der Waals surface area contributed by atoms with Gasteiger partial charge in [0, 0.05) is 6.54 Å². The molecule has 1 unspecified atom stereocenters. The van der Waals surface area contributed by atoms with Crippen molar-refractivity contribution in [2.24, 2.45) is 5.73 Å². The van der Waals surface area contributed by atoms with Crippen LogP contribution in [0.2, 0.25) is 0 Å². The van der Waals surface area contributed by atoms with Gasteiger partial charge in [0.2, 0.25) is 5.91 Å². The molecule has 0 spiro atoms. The van der Waals surface area contributed by atoms with Crippen molar-refractivity contribution >= 4 is 5.91 Å². The Balaban J connectivity index is 4.39. The predicted octanol–water partition coefficient (Wildman–Crippen LogP) is 0.572. The van der Waals surface area contributed by atoms with Gasteiger partial charge in [-0.15, -0.1) is 0 Å². The summed E-state index contributed by atoms with van der Waals surface area (Å²) in [4.78, 5) is 13.6.